The Kier molecular flexibility index (Phi) is 11.9. The monoisotopic (exact) mass is 319 g/mol. The van der Waals surface area contributed by atoms with Gasteiger partial charge in [0.05, 0.1) is 0 Å². The van der Waals surface area contributed by atoms with E-state index in [0.717, 1.165) is 37.7 Å². The molecule has 1 N–H and O–H groups in total. The first-order valence-corrected chi connectivity index (χ1v) is 8.62. The number of hydrogen-bond acceptors (Lipinski definition) is 2. The molecule has 130 valence electrons. The van der Waals surface area contributed by atoms with Crippen LogP contribution in [0.15, 0.2) is 34.9 Å². The third-order valence-electron chi connectivity index (χ3n) is 3.71. The minimum absolute atomic E-state index is 0.0282. The summed E-state index contributed by atoms with van der Waals surface area (Å²) in [5.41, 5.74) is 3.51. The van der Waals surface area contributed by atoms with E-state index in [2.05, 4.69) is 31.3 Å². The fourth-order valence-electron chi connectivity index (χ4n) is 2.18. The highest BCUT2D eigenvalue weighted by atomic mass is 16.1. The number of amides is 1. The predicted molar refractivity (Wildman–Crippen MR) is 98.3 cm³/mol. The van der Waals surface area contributed by atoms with Crippen LogP contribution in [0.1, 0.15) is 73.1 Å². The van der Waals surface area contributed by atoms with Crippen LogP contribution in [0.2, 0.25) is 0 Å². The van der Waals surface area contributed by atoms with E-state index in [9.17, 15) is 9.59 Å². The minimum Gasteiger partial charge on any atom is -0.353 e. The average molecular weight is 319 g/mol. The molecule has 0 aromatic heterocycles. The fraction of sp³-hybridized carbons (Fsp3) is 0.600. The number of carbonyl (C=O) groups excluding carboxylic acids is 2. The van der Waals surface area contributed by atoms with Gasteiger partial charge in [-0.3, -0.25) is 4.79 Å². The third kappa shape index (κ3) is 12.6. The van der Waals surface area contributed by atoms with Gasteiger partial charge in [0.1, 0.15) is 5.78 Å². The topological polar surface area (TPSA) is 46.2 Å². The molecule has 0 bridgehead atoms. The summed E-state index contributed by atoms with van der Waals surface area (Å²) in [5.74, 6) is 0.279. The van der Waals surface area contributed by atoms with Crippen LogP contribution in [0.4, 0.5) is 0 Å². The summed E-state index contributed by atoms with van der Waals surface area (Å²) in [6.45, 7) is 10.4. The van der Waals surface area contributed by atoms with Gasteiger partial charge in [0.2, 0.25) is 5.91 Å². The molecule has 0 heterocycles. The number of likely N-dealkylation sites (N-methyl/N-ethyl adjacent to an activating group) is 1. The minimum atomic E-state index is 0.0282. The molecule has 0 radical (unpaired) electrons. The molecule has 0 aliphatic heterocycles. The molecule has 3 heteroatoms. The van der Waals surface area contributed by atoms with Crippen LogP contribution < -0.4 is 5.32 Å². The molecule has 0 fully saturated rings. The van der Waals surface area contributed by atoms with Crippen molar-refractivity contribution in [1.29, 1.82) is 0 Å². The van der Waals surface area contributed by atoms with Gasteiger partial charge < -0.3 is 10.1 Å². The molecule has 0 unspecified atom stereocenters. The standard InChI is InChI=1S/C20H33NO2/c1-6-21-20(23)18(4)14-8-12-16(2)10-7-11-17(3)13-9-15-19(5)22/h10,13-14H,6-9,11-12,15H2,1-5H3,(H,21,23)/b16-10+,17-13+,18-14+. The van der Waals surface area contributed by atoms with Gasteiger partial charge in [0, 0.05) is 18.5 Å². The summed E-state index contributed by atoms with van der Waals surface area (Å²) in [5, 5.41) is 2.80. The van der Waals surface area contributed by atoms with Crippen molar-refractivity contribution < 1.29 is 9.59 Å². The van der Waals surface area contributed by atoms with Crippen molar-refractivity contribution in [2.75, 3.05) is 6.54 Å². The molecule has 0 aromatic rings. The number of ketones is 1. The lowest BCUT2D eigenvalue weighted by atomic mass is 10.1. The molecular weight excluding hydrogens is 286 g/mol. The first kappa shape index (κ1) is 21.4. The summed E-state index contributed by atoms with van der Waals surface area (Å²) in [6.07, 6.45) is 11.9. The molecule has 0 aliphatic rings. The van der Waals surface area contributed by atoms with Gasteiger partial charge in [-0.25, -0.2) is 0 Å². The maximum atomic E-state index is 11.6. The SMILES string of the molecule is CCNC(=O)/C(C)=C/CC/C(C)=C/CC/C(C)=C/CCC(C)=O. The second-order valence-corrected chi connectivity index (χ2v) is 6.17. The lowest BCUT2D eigenvalue weighted by molar-refractivity contribution is -0.118. The fourth-order valence-corrected chi connectivity index (χ4v) is 2.18. The number of rotatable bonds is 11. The Labute approximate surface area is 141 Å². The summed E-state index contributed by atoms with van der Waals surface area (Å²) in [7, 11) is 0. The molecule has 0 aromatic carbocycles. The van der Waals surface area contributed by atoms with E-state index in [0.29, 0.717) is 13.0 Å². The zero-order valence-electron chi connectivity index (χ0n) is 15.5. The molecule has 0 saturated carbocycles. The molecule has 1 amide bonds. The second-order valence-electron chi connectivity index (χ2n) is 6.17. The zero-order valence-corrected chi connectivity index (χ0v) is 15.5. The van der Waals surface area contributed by atoms with Crippen LogP contribution in [0.25, 0.3) is 0 Å². The van der Waals surface area contributed by atoms with Crippen LogP contribution in [-0.2, 0) is 9.59 Å². The Morgan fingerprint density at radius 3 is 1.74 bits per heavy atom. The molecule has 23 heavy (non-hydrogen) atoms. The highest BCUT2D eigenvalue weighted by Crippen LogP contribution is 2.12. The smallest absolute Gasteiger partial charge is 0.246 e. The van der Waals surface area contributed by atoms with Crippen molar-refractivity contribution in [3.63, 3.8) is 0 Å². The van der Waals surface area contributed by atoms with Gasteiger partial charge >= 0.3 is 0 Å². The van der Waals surface area contributed by atoms with Gasteiger partial charge in [-0.2, -0.15) is 0 Å². The van der Waals surface area contributed by atoms with Crippen LogP contribution in [0, 0.1) is 0 Å². The molecule has 0 aliphatic carbocycles. The number of nitrogens with one attached hydrogen (secondary N) is 1. The Morgan fingerprint density at radius 2 is 1.26 bits per heavy atom. The Morgan fingerprint density at radius 1 is 0.783 bits per heavy atom. The van der Waals surface area contributed by atoms with Crippen molar-refractivity contribution in [2.45, 2.75) is 73.1 Å². The Hall–Kier alpha value is -1.64. The predicted octanol–water partition coefficient (Wildman–Crippen LogP) is 4.89. The average Bonchev–Trinajstić information content (AvgIpc) is 2.46. The highest BCUT2D eigenvalue weighted by molar-refractivity contribution is 5.92. The summed E-state index contributed by atoms with van der Waals surface area (Å²) < 4.78 is 0. The van der Waals surface area contributed by atoms with E-state index in [-0.39, 0.29) is 11.7 Å². The lowest BCUT2D eigenvalue weighted by Crippen LogP contribution is -2.23. The van der Waals surface area contributed by atoms with E-state index >= 15 is 0 Å². The van der Waals surface area contributed by atoms with Crippen molar-refractivity contribution in [2.24, 2.45) is 0 Å². The van der Waals surface area contributed by atoms with Gasteiger partial charge in [0.25, 0.3) is 0 Å². The number of Topliss-reactive ketones (excluding diaryl/α,β-unsaturated/α-hetero) is 1. The molecule has 0 saturated heterocycles. The second kappa shape index (κ2) is 12.9. The summed E-state index contributed by atoms with van der Waals surface area (Å²) in [4.78, 5) is 22.5. The largest absolute Gasteiger partial charge is 0.353 e. The van der Waals surface area contributed by atoms with E-state index in [4.69, 9.17) is 0 Å². The molecule has 0 atom stereocenters. The van der Waals surface area contributed by atoms with E-state index in [1.165, 1.54) is 11.1 Å². The van der Waals surface area contributed by atoms with Crippen molar-refractivity contribution in [3.05, 3.63) is 34.9 Å². The van der Waals surface area contributed by atoms with Gasteiger partial charge in [-0.15, -0.1) is 0 Å². The van der Waals surface area contributed by atoms with Crippen LogP contribution in [0.3, 0.4) is 0 Å². The van der Waals surface area contributed by atoms with Gasteiger partial charge in [-0.05, 0) is 66.7 Å². The lowest BCUT2D eigenvalue weighted by Gasteiger charge is -2.03. The van der Waals surface area contributed by atoms with Crippen molar-refractivity contribution in [3.8, 4) is 0 Å². The van der Waals surface area contributed by atoms with Gasteiger partial charge in [0.15, 0.2) is 0 Å². The van der Waals surface area contributed by atoms with Crippen molar-refractivity contribution >= 4 is 11.7 Å². The number of allylic oxidation sites excluding steroid dienone is 5. The molecule has 0 rings (SSSR count). The molecule has 3 nitrogen and oxygen atoms in total. The van der Waals surface area contributed by atoms with Crippen LogP contribution >= 0.6 is 0 Å². The first-order chi connectivity index (χ1) is 10.9. The summed E-state index contributed by atoms with van der Waals surface area (Å²) >= 11 is 0. The van der Waals surface area contributed by atoms with E-state index < -0.39 is 0 Å². The van der Waals surface area contributed by atoms with Crippen molar-refractivity contribution in [1.82, 2.24) is 5.32 Å². The van der Waals surface area contributed by atoms with Crippen LogP contribution in [-0.4, -0.2) is 18.2 Å². The molecular formula is C20H33NO2. The normalized spacial score (nSPS) is 13.2. The first-order valence-electron chi connectivity index (χ1n) is 8.62. The quantitative estimate of drug-likeness (QED) is 0.435. The zero-order chi connectivity index (χ0) is 17.7. The Balaban J connectivity index is 4.06. The Bertz CT molecular complexity index is 470. The van der Waals surface area contributed by atoms with Gasteiger partial charge in [-0.1, -0.05) is 29.4 Å². The molecule has 0 spiro atoms. The maximum Gasteiger partial charge on any atom is 0.246 e. The third-order valence-corrected chi connectivity index (χ3v) is 3.71. The number of hydrogen-bond donors (Lipinski definition) is 1. The van der Waals surface area contributed by atoms with E-state index in [1.807, 2.05) is 19.9 Å². The van der Waals surface area contributed by atoms with Crippen LogP contribution in [0.5, 0.6) is 0 Å². The van der Waals surface area contributed by atoms with E-state index in [1.54, 1.807) is 6.92 Å². The summed E-state index contributed by atoms with van der Waals surface area (Å²) in [6, 6.07) is 0. The highest BCUT2D eigenvalue weighted by Gasteiger charge is 2.00. The number of carbonyl (C=O) groups is 2. The maximum absolute atomic E-state index is 11.6.